The summed E-state index contributed by atoms with van der Waals surface area (Å²) < 4.78 is 4.98. The van der Waals surface area contributed by atoms with E-state index in [1.165, 1.54) is 0 Å². The molecule has 0 aromatic carbocycles. The number of hydrazone groups is 1. The predicted molar refractivity (Wildman–Crippen MR) is 47.5 cm³/mol. The van der Waals surface area contributed by atoms with Crippen LogP contribution in [0.4, 0.5) is 0 Å². The van der Waals surface area contributed by atoms with E-state index in [9.17, 15) is 0 Å². The van der Waals surface area contributed by atoms with Gasteiger partial charge in [0, 0.05) is 0 Å². The Morgan fingerprint density at radius 3 is 2.92 bits per heavy atom. The number of rotatable bonds is 6. The van der Waals surface area contributed by atoms with Crippen molar-refractivity contribution in [1.29, 1.82) is 0 Å². The zero-order valence-corrected chi connectivity index (χ0v) is 7.21. The van der Waals surface area contributed by atoms with Gasteiger partial charge in [0.2, 0.25) is 0 Å². The molecule has 0 rings (SSSR count). The minimum Gasteiger partial charge on any atom is -0.491 e. The Morgan fingerprint density at radius 2 is 2.42 bits per heavy atom. The number of nitrogens with two attached hydrogens (primary N) is 1. The lowest BCUT2D eigenvalue weighted by atomic mass is 10.5. The minimum absolute atomic E-state index is 0.0118. The molecule has 5 nitrogen and oxygen atoms in total. The molecular formula is C7H15N3O2. The molecule has 0 amide bonds. The van der Waals surface area contributed by atoms with E-state index in [0.717, 1.165) is 0 Å². The Labute approximate surface area is 71.9 Å². The summed E-state index contributed by atoms with van der Waals surface area (Å²) in [5.74, 6) is 0.535. The Morgan fingerprint density at radius 1 is 1.75 bits per heavy atom. The highest BCUT2D eigenvalue weighted by atomic mass is 16.5. The maximum Gasteiger partial charge on any atom is 0.185 e. The summed E-state index contributed by atoms with van der Waals surface area (Å²) in [6, 6.07) is 0. The van der Waals surface area contributed by atoms with Gasteiger partial charge in [0.05, 0.1) is 19.8 Å². The molecule has 70 valence electrons. The summed E-state index contributed by atoms with van der Waals surface area (Å²) in [6.45, 7) is 6.26. The second kappa shape index (κ2) is 6.48. The van der Waals surface area contributed by atoms with Gasteiger partial charge in [-0.3, -0.25) is 0 Å². The third-order valence-corrected chi connectivity index (χ3v) is 1.03. The molecule has 0 radical (unpaired) electrons. The highest BCUT2D eigenvalue weighted by Gasteiger charge is 1.97. The van der Waals surface area contributed by atoms with Crippen molar-refractivity contribution >= 4 is 5.84 Å². The molecule has 0 aliphatic carbocycles. The molecular weight excluding hydrogens is 158 g/mol. The van der Waals surface area contributed by atoms with E-state index in [2.05, 4.69) is 17.1 Å². The molecule has 0 unspecified atom stereocenters. The molecule has 0 bridgehead atoms. The molecule has 0 saturated heterocycles. The standard InChI is InChI=1S/C7H15N3O2/c1-3-12-6(2)7(8)10-9-4-5-11/h9,11H,2-5H2,1H3,(H2,8,10). The number of nitrogens with zero attached hydrogens (tertiary/aromatic N) is 1. The zero-order chi connectivity index (χ0) is 9.40. The molecule has 0 atom stereocenters. The van der Waals surface area contributed by atoms with Crippen LogP contribution in [-0.2, 0) is 4.74 Å². The van der Waals surface area contributed by atoms with Gasteiger partial charge in [-0.05, 0) is 6.92 Å². The second-order valence-electron chi connectivity index (χ2n) is 1.98. The SMILES string of the molecule is C=C(OCC)/C(N)=N/NCCO. The summed E-state index contributed by atoms with van der Waals surface area (Å²) in [5.41, 5.74) is 7.97. The van der Waals surface area contributed by atoms with Gasteiger partial charge >= 0.3 is 0 Å². The smallest absolute Gasteiger partial charge is 0.185 e. The highest BCUT2D eigenvalue weighted by molar-refractivity contribution is 5.94. The van der Waals surface area contributed by atoms with Crippen molar-refractivity contribution in [2.75, 3.05) is 19.8 Å². The van der Waals surface area contributed by atoms with Gasteiger partial charge in [0.1, 0.15) is 0 Å². The summed E-state index contributed by atoms with van der Waals surface area (Å²) in [4.78, 5) is 0. The van der Waals surface area contributed by atoms with Gasteiger partial charge in [-0.2, -0.15) is 5.10 Å². The third-order valence-electron chi connectivity index (χ3n) is 1.03. The molecule has 0 aromatic heterocycles. The molecule has 12 heavy (non-hydrogen) atoms. The van der Waals surface area contributed by atoms with Gasteiger partial charge in [-0.1, -0.05) is 6.58 Å². The molecule has 0 aliphatic rings. The zero-order valence-electron chi connectivity index (χ0n) is 7.21. The van der Waals surface area contributed by atoms with E-state index in [4.69, 9.17) is 15.6 Å². The van der Waals surface area contributed by atoms with Gasteiger partial charge in [-0.15, -0.1) is 0 Å². The molecule has 0 saturated carbocycles. The summed E-state index contributed by atoms with van der Waals surface area (Å²) in [7, 11) is 0. The Balaban J connectivity index is 3.74. The molecule has 0 aromatic rings. The average Bonchev–Trinajstić information content (AvgIpc) is 2.05. The van der Waals surface area contributed by atoms with E-state index in [0.29, 0.717) is 18.9 Å². The number of hydrogen-bond acceptors (Lipinski definition) is 4. The van der Waals surface area contributed by atoms with Crippen LogP contribution in [0.15, 0.2) is 17.4 Å². The van der Waals surface area contributed by atoms with Crippen LogP contribution in [0.2, 0.25) is 0 Å². The number of aliphatic hydroxyl groups excluding tert-OH is 1. The number of aliphatic hydroxyl groups is 1. The number of ether oxygens (including phenoxy) is 1. The number of amidine groups is 1. The van der Waals surface area contributed by atoms with Gasteiger partial charge < -0.3 is 21.0 Å². The average molecular weight is 173 g/mol. The van der Waals surface area contributed by atoms with Crippen LogP contribution in [0.25, 0.3) is 0 Å². The van der Waals surface area contributed by atoms with Crippen LogP contribution in [0.5, 0.6) is 0 Å². The molecule has 0 spiro atoms. The lowest BCUT2D eigenvalue weighted by Crippen LogP contribution is -2.22. The monoisotopic (exact) mass is 173 g/mol. The van der Waals surface area contributed by atoms with E-state index >= 15 is 0 Å². The Hall–Kier alpha value is -1.23. The van der Waals surface area contributed by atoms with Gasteiger partial charge in [0.25, 0.3) is 0 Å². The van der Waals surface area contributed by atoms with Crippen molar-refractivity contribution in [3.8, 4) is 0 Å². The van der Waals surface area contributed by atoms with E-state index in [1.54, 1.807) is 0 Å². The summed E-state index contributed by atoms with van der Waals surface area (Å²) in [5, 5.41) is 12.1. The second-order valence-corrected chi connectivity index (χ2v) is 1.98. The van der Waals surface area contributed by atoms with Gasteiger partial charge in [0.15, 0.2) is 11.6 Å². The van der Waals surface area contributed by atoms with Crippen LogP contribution in [0, 0.1) is 0 Å². The highest BCUT2D eigenvalue weighted by Crippen LogP contribution is 1.91. The van der Waals surface area contributed by atoms with Crippen molar-refractivity contribution in [3.05, 3.63) is 12.3 Å². The van der Waals surface area contributed by atoms with Crippen molar-refractivity contribution in [1.82, 2.24) is 5.43 Å². The van der Waals surface area contributed by atoms with Crippen molar-refractivity contribution < 1.29 is 9.84 Å². The molecule has 0 heterocycles. The molecule has 0 aliphatic heterocycles. The summed E-state index contributed by atoms with van der Waals surface area (Å²) in [6.07, 6.45) is 0. The van der Waals surface area contributed by atoms with Gasteiger partial charge in [-0.25, -0.2) is 0 Å². The minimum atomic E-state index is 0.0118. The predicted octanol–water partition coefficient (Wildman–Crippen LogP) is -0.609. The van der Waals surface area contributed by atoms with Crippen molar-refractivity contribution in [3.63, 3.8) is 0 Å². The molecule has 5 heteroatoms. The molecule has 4 N–H and O–H groups in total. The first-order chi connectivity index (χ1) is 5.72. The maximum atomic E-state index is 8.39. The van der Waals surface area contributed by atoms with Crippen LogP contribution in [0.3, 0.4) is 0 Å². The molecule has 0 fully saturated rings. The van der Waals surface area contributed by atoms with E-state index in [-0.39, 0.29) is 12.4 Å². The van der Waals surface area contributed by atoms with Crippen molar-refractivity contribution in [2.45, 2.75) is 6.92 Å². The normalized spacial score (nSPS) is 11.0. The lowest BCUT2D eigenvalue weighted by Gasteiger charge is -2.05. The summed E-state index contributed by atoms with van der Waals surface area (Å²) >= 11 is 0. The lowest BCUT2D eigenvalue weighted by molar-refractivity contribution is 0.250. The Bertz CT molecular complexity index is 168. The number of hydrogen-bond donors (Lipinski definition) is 3. The first-order valence-corrected chi connectivity index (χ1v) is 3.71. The van der Waals surface area contributed by atoms with E-state index < -0.39 is 0 Å². The van der Waals surface area contributed by atoms with E-state index in [1.807, 2.05) is 6.92 Å². The largest absolute Gasteiger partial charge is 0.491 e. The quantitative estimate of drug-likeness (QED) is 0.165. The maximum absolute atomic E-state index is 8.39. The Kier molecular flexibility index (Phi) is 5.81. The number of nitrogens with one attached hydrogen (secondary N) is 1. The third kappa shape index (κ3) is 4.56. The van der Waals surface area contributed by atoms with Crippen LogP contribution in [-0.4, -0.2) is 30.7 Å². The fourth-order valence-corrected chi connectivity index (χ4v) is 0.502. The van der Waals surface area contributed by atoms with Crippen LogP contribution in [0.1, 0.15) is 6.92 Å². The topological polar surface area (TPSA) is 79.9 Å². The van der Waals surface area contributed by atoms with Crippen molar-refractivity contribution in [2.24, 2.45) is 10.8 Å². The fourth-order valence-electron chi connectivity index (χ4n) is 0.502. The van der Waals surface area contributed by atoms with Crippen LogP contribution < -0.4 is 11.2 Å². The van der Waals surface area contributed by atoms with Crippen LogP contribution >= 0.6 is 0 Å². The first kappa shape index (κ1) is 10.8. The first-order valence-electron chi connectivity index (χ1n) is 3.71. The fraction of sp³-hybridized carbons (Fsp3) is 0.571.